The highest BCUT2D eigenvalue weighted by Gasteiger charge is 2.16. The predicted molar refractivity (Wildman–Crippen MR) is 102 cm³/mol. The molecule has 1 aromatic heterocycles. The van der Waals surface area contributed by atoms with E-state index in [0.717, 1.165) is 0 Å². The number of aromatic nitrogens is 1. The van der Waals surface area contributed by atoms with Crippen molar-refractivity contribution >= 4 is 17.7 Å². The van der Waals surface area contributed by atoms with Gasteiger partial charge in [-0.15, -0.1) is 0 Å². The van der Waals surface area contributed by atoms with E-state index in [2.05, 4.69) is 15.0 Å². The first-order chi connectivity index (χ1) is 13.2. The Balaban J connectivity index is 1.64. The molecule has 0 aliphatic heterocycles. The average molecular weight is 368 g/mol. The molecule has 1 aliphatic rings. The van der Waals surface area contributed by atoms with Gasteiger partial charge in [0.25, 0.3) is 5.91 Å². The Hall–Kier alpha value is -2.89. The van der Waals surface area contributed by atoms with E-state index >= 15 is 0 Å². The smallest absolute Gasteiger partial charge is 0.337 e. The van der Waals surface area contributed by atoms with Crippen molar-refractivity contribution in [1.82, 2.24) is 4.98 Å². The zero-order chi connectivity index (χ0) is 19.1. The molecule has 1 heterocycles. The van der Waals surface area contributed by atoms with Crippen molar-refractivity contribution in [3.8, 4) is 5.75 Å². The number of carbonyl (C=O) groups excluding carboxylic acids is 2. The molecule has 1 fully saturated rings. The number of ether oxygens (including phenoxy) is 2. The Kier molecular flexibility index (Phi) is 6.41. The summed E-state index contributed by atoms with van der Waals surface area (Å²) >= 11 is 0. The van der Waals surface area contributed by atoms with Crippen LogP contribution in [0.3, 0.4) is 0 Å². The molecule has 0 saturated heterocycles. The number of hydrogen-bond acceptors (Lipinski definition) is 5. The van der Waals surface area contributed by atoms with Gasteiger partial charge in [-0.3, -0.25) is 4.79 Å². The zero-order valence-corrected chi connectivity index (χ0v) is 15.4. The maximum Gasteiger partial charge on any atom is 0.337 e. The van der Waals surface area contributed by atoms with Gasteiger partial charge < -0.3 is 14.8 Å². The number of nitrogens with one attached hydrogen (secondary N) is 1. The Morgan fingerprint density at radius 2 is 1.78 bits per heavy atom. The zero-order valence-electron chi connectivity index (χ0n) is 15.4. The lowest BCUT2D eigenvalue weighted by Crippen LogP contribution is -2.18. The molecule has 1 amide bonds. The van der Waals surface area contributed by atoms with Crippen LogP contribution in [-0.4, -0.2) is 30.6 Å². The summed E-state index contributed by atoms with van der Waals surface area (Å²) in [5.74, 6) is 0.782. The second-order valence-electron chi connectivity index (χ2n) is 6.69. The quantitative estimate of drug-likeness (QED) is 0.778. The Bertz CT molecular complexity index is 783. The summed E-state index contributed by atoms with van der Waals surface area (Å²) in [7, 11) is 1.32. The third kappa shape index (κ3) is 5.06. The van der Waals surface area contributed by atoms with E-state index in [1.165, 1.54) is 39.2 Å². The first-order valence-corrected chi connectivity index (χ1v) is 9.25. The number of rotatable bonds is 6. The van der Waals surface area contributed by atoms with E-state index in [-0.39, 0.29) is 5.91 Å². The summed E-state index contributed by atoms with van der Waals surface area (Å²) in [4.78, 5) is 28.2. The van der Waals surface area contributed by atoms with Gasteiger partial charge in [0.2, 0.25) is 0 Å². The normalized spacial score (nSPS) is 14.4. The van der Waals surface area contributed by atoms with Gasteiger partial charge in [-0.2, -0.15) is 0 Å². The number of pyridine rings is 1. The summed E-state index contributed by atoms with van der Waals surface area (Å²) in [5.41, 5.74) is 0.815. The van der Waals surface area contributed by atoms with Crippen LogP contribution in [0.4, 0.5) is 5.82 Å². The molecule has 0 radical (unpaired) electrons. The van der Waals surface area contributed by atoms with Crippen molar-refractivity contribution in [2.75, 3.05) is 19.0 Å². The largest absolute Gasteiger partial charge is 0.489 e. The van der Waals surface area contributed by atoms with Crippen molar-refractivity contribution in [3.05, 3.63) is 53.7 Å². The molecule has 6 heteroatoms. The molecule has 0 unspecified atom stereocenters. The van der Waals surface area contributed by atoms with Gasteiger partial charge in [-0.05, 0) is 55.2 Å². The lowest BCUT2D eigenvalue weighted by atomic mass is 9.90. The number of nitrogens with zero attached hydrogens (tertiary/aromatic N) is 1. The average Bonchev–Trinajstić information content (AvgIpc) is 2.73. The Morgan fingerprint density at radius 1 is 1.07 bits per heavy atom. The number of hydrogen-bond donors (Lipinski definition) is 1. The van der Waals surface area contributed by atoms with Gasteiger partial charge in [0.05, 0.1) is 19.3 Å². The standard InChI is InChI=1S/C21H24N2O4/c1-26-21(25)17-11-9-16(10-12-17)20(24)23-19-18(8-5-13-22-19)27-14-15-6-3-2-4-7-15/h5,8-13,15H,2-4,6-7,14H2,1H3,(H,22,23,24). The van der Waals surface area contributed by atoms with Gasteiger partial charge in [0.1, 0.15) is 0 Å². The van der Waals surface area contributed by atoms with Crippen LogP contribution in [-0.2, 0) is 4.74 Å². The minimum Gasteiger partial charge on any atom is -0.489 e. The number of esters is 1. The summed E-state index contributed by atoms with van der Waals surface area (Å²) in [6.07, 6.45) is 7.81. The van der Waals surface area contributed by atoms with E-state index < -0.39 is 5.97 Å². The van der Waals surface area contributed by atoms with Crippen LogP contribution in [0.15, 0.2) is 42.6 Å². The van der Waals surface area contributed by atoms with Gasteiger partial charge in [-0.1, -0.05) is 19.3 Å². The molecular weight excluding hydrogens is 344 g/mol. The predicted octanol–water partition coefficient (Wildman–Crippen LogP) is 4.08. The van der Waals surface area contributed by atoms with E-state index in [9.17, 15) is 9.59 Å². The van der Waals surface area contributed by atoms with E-state index in [4.69, 9.17) is 4.74 Å². The fourth-order valence-corrected chi connectivity index (χ4v) is 3.22. The van der Waals surface area contributed by atoms with Crippen molar-refractivity contribution in [3.63, 3.8) is 0 Å². The summed E-state index contributed by atoms with van der Waals surface area (Å²) < 4.78 is 10.6. The van der Waals surface area contributed by atoms with Gasteiger partial charge in [0.15, 0.2) is 11.6 Å². The monoisotopic (exact) mass is 368 g/mol. The fourth-order valence-electron chi connectivity index (χ4n) is 3.22. The fraction of sp³-hybridized carbons (Fsp3) is 0.381. The second kappa shape index (κ2) is 9.16. The molecule has 0 bridgehead atoms. The van der Waals surface area contributed by atoms with E-state index in [0.29, 0.717) is 35.2 Å². The summed E-state index contributed by atoms with van der Waals surface area (Å²) in [6, 6.07) is 9.86. The highest BCUT2D eigenvalue weighted by molar-refractivity contribution is 6.05. The molecule has 1 aliphatic carbocycles. The molecule has 1 N–H and O–H groups in total. The maximum absolute atomic E-state index is 12.5. The molecule has 27 heavy (non-hydrogen) atoms. The molecule has 2 aromatic rings. The topological polar surface area (TPSA) is 77.5 Å². The molecule has 1 saturated carbocycles. The molecule has 3 rings (SSSR count). The van der Waals surface area contributed by atoms with Gasteiger partial charge in [0, 0.05) is 11.8 Å². The highest BCUT2D eigenvalue weighted by atomic mass is 16.5. The third-order valence-electron chi connectivity index (χ3n) is 4.77. The first-order valence-electron chi connectivity index (χ1n) is 9.25. The van der Waals surface area contributed by atoms with Crippen LogP contribution in [0.1, 0.15) is 52.8 Å². The lowest BCUT2D eigenvalue weighted by Gasteiger charge is -2.22. The van der Waals surface area contributed by atoms with Crippen LogP contribution >= 0.6 is 0 Å². The molecular formula is C21H24N2O4. The highest BCUT2D eigenvalue weighted by Crippen LogP contribution is 2.27. The van der Waals surface area contributed by atoms with Crippen LogP contribution in [0.5, 0.6) is 5.75 Å². The second-order valence-corrected chi connectivity index (χ2v) is 6.69. The van der Waals surface area contributed by atoms with Gasteiger partial charge >= 0.3 is 5.97 Å². The van der Waals surface area contributed by atoms with E-state index in [1.807, 2.05) is 6.07 Å². The number of benzene rings is 1. The van der Waals surface area contributed by atoms with Crippen LogP contribution in [0.2, 0.25) is 0 Å². The third-order valence-corrected chi connectivity index (χ3v) is 4.77. The Morgan fingerprint density at radius 3 is 2.48 bits per heavy atom. The summed E-state index contributed by atoms with van der Waals surface area (Å²) in [6.45, 7) is 0.641. The SMILES string of the molecule is COC(=O)c1ccc(C(=O)Nc2ncccc2OCC2CCCCC2)cc1. The van der Waals surface area contributed by atoms with Crippen molar-refractivity contribution < 1.29 is 19.1 Å². The number of anilines is 1. The molecule has 0 atom stereocenters. The number of amides is 1. The molecule has 6 nitrogen and oxygen atoms in total. The number of carbonyl (C=O) groups is 2. The minimum absolute atomic E-state index is 0.312. The lowest BCUT2D eigenvalue weighted by molar-refractivity contribution is 0.0600. The molecule has 0 spiro atoms. The summed E-state index contributed by atoms with van der Waals surface area (Å²) in [5, 5.41) is 2.79. The minimum atomic E-state index is -0.440. The number of methoxy groups -OCH3 is 1. The van der Waals surface area contributed by atoms with Crippen LogP contribution in [0, 0.1) is 5.92 Å². The van der Waals surface area contributed by atoms with E-state index in [1.54, 1.807) is 36.5 Å². The molecule has 1 aromatic carbocycles. The van der Waals surface area contributed by atoms with Crippen LogP contribution < -0.4 is 10.1 Å². The van der Waals surface area contributed by atoms with Crippen molar-refractivity contribution in [2.45, 2.75) is 32.1 Å². The van der Waals surface area contributed by atoms with Crippen molar-refractivity contribution in [1.29, 1.82) is 0 Å². The Labute approximate surface area is 158 Å². The van der Waals surface area contributed by atoms with Crippen LogP contribution in [0.25, 0.3) is 0 Å². The maximum atomic E-state index is 12.5. The van der Waals surface area contributed by atoms with Gasteiger partial charge in [-0.25, -0.2) is 9.78 Å². The molecule has 142 valence electrons. The first kappa shape index (κ1) is 18.9. The van der Waals surface area contributed by atoms with Crippen molar-refractivity contribution in [2.24, 2.45) is 5.92 Å².